The van der Waals surface area contributed by atoms with Crippen LogP contribution in [0.1, 0.15) is 15.9 Å². The zero-order valence-corrected chi connectivity index (χ0v) is 6.71. The summed E-state index contributed by atoms with van der Waals surface area (Å²) in [5.74, 6) is 0.474. The standard InChI is InChI=1S/C9H9FO2/c1-12-9-3-2-7(5-10)4-8(9)6-11/h2-4,6H,5H2,1H3. The second-order valence-corrected chi connectivity index (χ2v) is 2.33. The molecule has 0 aliphatic carbocycles. The molecule has 3 heteroatoms. The Morgan fingerprint density at radius 1 is 1.58 bits per heavy atom. The number of methoxy groups -OCH3 is 1. The van der Waals surface area contributed by atoms with Crippen molar-refractivity contribution in [3.63, 3.8) is 0 Å². The third-order valence-corrected chi connectivity index (χ3v) is 1.58. The molecular formula is C9H9FO2. The van der Waals surface area contributed by atoms with Crippen LogP contribution in [-0.4, -0.2) is 13.4 Å². The Balaban J connectivity index is 3.10. The number of halogens is 1. The van der Waals surface area contributed by atoms with Crippen LogP contribution in [-0.2, 0) is 6.67 Å². The topological polar surface area (TPSA) is 26.3 Å². The van der Waals surface area contributed by atoms with E-state index in [1.165, 1.54) is 13.2 Å². The van der Waals surface area contributed by atoms with Crippen LogP contribution >= 0.6 is 0 Å². The van der Waals surface area contributed by atoms with Gasteiger partial charge in [-0.25, -0.2) is 4.39 Å². The van der Waals surface area contributed by atoms with Crippen molar-refractivity contribution in [2.24, 2.45) is 0 Å². The first-order valence-corrected chi connectivity index (χ1v) is 3.50. The van der Waals surface area contributed by atoms with Gasteiger partial charge in [-0.3, -0.25) is 4.79 Å². The summed E-state index contributed by atoms with van der Waals surface area (Å²) >= 11 is 0. The monoisotopic (exact) mass is 168 g/mol. The largest absolute Gasteiger partial charge is 0.496 e. The molecule has 1 aromatic carbocycles. The van der Waals surface area contributed by atoms with Gasteiger partial charge in [-0.05, 0) is 17.7 Å². The minimum absolute atomic E-state index is 0.382. The van der Waals surface area contributed by atoms with Crippen LogP contribution in [0.25, 0.3) is 0 Å². The first-order valence-electron chi connectivity index (χ1n) is 3.50. The van der Waals surface area contributed by atoms with Crippen molar-refractivity contribution in [1.82, 2.24) is 0 Å². The van der Waals surface area contributed by atoms with Gasteiger partial charge in [0.25, 0.3) is 0 Å². The van der Waals surface area contributed by atoms with E-state index in [0.717, 1.165) is 0 Å². The summed E-state index contributed by atoms with van der Waals surface area (Å²) < 4.78 is 17.0. The lowest BCUT2D eigenvalue weighted by molar-refractivity contribution is 0.112. The van der Waals surface area contributed by atoms with Crippen LogP contribution in [0, 0.1) is 0 Å². The van der Waals surface area contributed by atoms with Crippen LogP contribution in [0.15, 0.2) is 18.2 Å². The lowest BCUT2D eigenvalue weighted by Crippen LogP contribution is -1.91. The zero-order valence-electron chi connectivity index (χ0n) is 6.71. The zero-order chi connectivity index (χ0) is 8.97. The molecule has 1 rings (SSSR count). The summed E-state index contributed by atoms with van der Waals surface area (Å²) in [5.41, 5.74) is 0.866. The van der Waals surface area contributed by atoms with Gasteiger partial charge in [-0.1, -0.05) is 6.07 Å². The number of hydrogen-bond donors (Lipinski definition) is 0. The van der Waals surface area contributed by atoms with Crippen molar-refractivity contribution >= 4 is 6.29 Å². The van der Waals surface area contributed by atoms with E-state index in [2.05, 4.69) is 0 Å². The van der Waals surface area contributed by atoms with Crippen LogP contribution in [0.2, 0.25) is 0 Å². The molecule has 0 aromatic heterocycles. The molecule has 0 heterocycles. The fourth-order valence-electron chi connectivity index (χ4n) is 0.959. The molecule has 1 aromatic rings. The van der Waals surface area contributed by atoms with Crippen molar-refractivity contribution < 1.29 is 13.9 Å². The quantitative estimate of drug-likeness (QED) is 0.645. The molecule has 2 nitrogen and oxygen atoms in total. The van der Waals surface area contributed by atoms with Gasteiger partial charge in [0.15, 0.2) is 6.29 Å². The molecule has 0 aliphatic rings. The lowest BCUT2D eigenvalue weighted by atomic mass is 10.1. The maximum absolute atomic E-state index is 12.1. The Morgan fingerprint density at radius 2 is 2.33 bits per heavy atom. The molecule has 64 valence electrons. The molecule has 0 aliphatic heterocycles. The molecule has 0 radical (unpaired) electrons. The number of ether oxygens (including phenoxy) is 1. The van der Waals surface area contributed by atoms with E-state index >= 15 is 0 Å². The molecular weight excluding hydrogens is 159 g/mol. The number of alkyl halides is 1. The number of carbonyl (C=O) groups excluding carboxylic acids is 1. The van der Waals surface area contributed by atoms with Gasteiger partial charge in [0.05, 0.1) is 12.7 Å². The molecule has 0 atom stereocenters. The van der Waals surface area contributed by atoms with E-state index < -0.39 is 6.67 Å². The number of hydrogen-bond acceptors (Lipinski definition) is 2. The third kappa shape index (κ3) is 1.61. The molecule has 0 saturated heterocycles. The summed E-state index contributed by atoms with van der Waals surface area (Å²) in [7, 11) is 1.47. The van der Waals surface area contributed by atoms with E-state index in [9.17, 15) is 9.18 Å². The molecule has 0 amide bonds. The van der Waals surface area contributed by atoms with Crippen LogP contribution < -0.4 is 4.74 Å². The van der Waals surface area contributed by atoms with Gasteiger partial charge in [0.1, 0.15) is 12.4 Å². The number of carbonyl (C=O) groups is 1. The van der Waals surface area contributed by atoms with Crippen molar-refractivity contribution in [1.29, 1.82) is 0 Å². The molecule has 0 unspecified atom stereocenters. The van der Waals surface area contributed by atoms with Crippen molar-refractivity contribution in [2.45, 2.75) is 6.67 Å². The van der Waals surface area contributed by atoms with Crippen molar-refractivity contribution in [2.75, 3.05) is 7.11 Å². The van der Waals surface area contributed by atoms with Crippen LogP contribution in [0.4, 0.5) is 4.39 Å². The molecule has 0 spiro atoms. The van der Waals surface area contributed by atoms with Gasteiger partial charge in [0, 0.05) is 0 Å². The molecule has 0 bridgehead atoms. The molecule has 0 fully saturated rings. The average molecular weight is 168 g/mol. The fourth-order valence-corrected chi connectivity index (χ4v) is 0.959. The maximum Gasteiger partial charge on any atom is 0.153 e. The Bertz CT molecular complexity index is 284. The predicted molar refractivity (Wildman–Crippen MR) is 43.2 cm³/mol. The van der Waals surface area contributed by atoms with E-state index in [-0.39, 0.29) is 0 Å². The first-order chi connectivity index (χ1) is 5.81. The maximum atomic E-state index is 12.1. The predicted octanol–water partition coefficient (Wildman–Crippen LogP) is 1.98. The molecule has 12 heavy (non-hydrogen) atoms. The average Bonchev–Trinajstić information content (AvgIpc) is 2.16. The SMILES string of the molecule is COc1ccc(CF)cc1C=O. The van der Waals surface area contributed by atoms with Gasteiger partial charge >= 0.3 is 0 Å². The van der Waals surface area contributed by atoms with E-state index in [4.69, 9.17) is 4.74 Å². The highest BCUT2D eigenvalue weighted by Gasteiger charge is 2.02. The van der Waals surface area contributed by atoms with Gasteiger partial charge < -0.3 is 4.74 Å². The van der Waals surface area contributed by atoms with Crippen molar-refractivity contribution in [3.05, 3.63) is 29.3 Å². The van der Waals surface area contributed by atoms with E-state index in [1.807, 2.05) is 0 Å². The van der Waals surface area contributed by atoms with E-state index in [0.29, 0.717) is 23.2 Å². The van der Waals surface area contributed by atoms with Crippen LogP contribution in [0.5, 0.6) is 5.75 Å². The first kappa shape index (κ1) is 8.71. The number of rotatable bonds is 3. The van der Waals surface area contributed by atoms with Gasteiger partial charge in [-0.15, -0.1) is 0 Å². The highest BCUT2D eigenvalue weighted by atomic mass is 19.1. The minimum Gasteiger partial charge on any atom is -0.496 e. The lowest BCUT2D eigenvalue weighted by Gasteiger charge is -2.03. The third-order valence-electron chi connectivity index (χ3n) is 1.58. The second kappa shape index (κ2) is 3.85. The van der Waals surface area contributed by atoms with Crippen molar-refractivity contribution in [3.8, 4) is 5.75 Å². The minimum atomic E-state index is -0.565. The highest BCUT2D eigenvalue weighted by Crippen LogP contribution is 2.18. The second-order valence-electron chi connectivity index (χ2n) is 2.33. The summed E-state index contributed by atoms with van der Waals surface area (Å²) in [6.07, 6.45) is 0.651. The Kier molecular flexibility index (Phi) is 2.80. The van der Waals surface area contributed by atoms with Crippen LogP contribution in [0.3, 0.4) is 0 Å². The highest BCUT2D eigenvalue weighted by molar-refractivity contribution is 5.79. The Labute approximate surface area is 70.0 Å². The smallest absolute Gasteiger partial charge is 0.153 e. The fraction of sp³-hybridized carbons (Fsp3) is 0.222. The number of benzene rings is 1. The molecule has 0 saturated carbocycles. The summed E-state index contributed by atoms with van der Waals surface area (Å²) in [4.78, 5) is 10.5. The molecule has 0 N–H and O–H groups in total. The number of aldehydes is 1. The summed E-state index contributed by atoms with van der Waals surface area (Å²) in [5, 5.41) is 0. The van der Waals surface area contributed by atoms with E-state index in [1.54, 1.807) is 12.1 Å². The Morgan fingerprint density at radius 3 is 2.83 bits per heavy atom. The normalized spacial score (nSPS) is 9.50. The van der Waals surface area contributed by atoms with Gasteiger partial charge in [0.2, 0.25) is 0 Å². The summed E-state index contributed by atoms with van der Waals surface area (Å²) in [6.45, 7) is -0.565. The Hall–Kier alpha value is -1.38. The summed E-state index contributed by atoms with van der Waals surface area (Å²) in [6, 6.07) is 4.65. The van der Waals surface area contributed by atoms with Gasteiger partial charge in [-0.2, -0.15) is 0 Å².